The minimum Gasteiger partial charge on any atom is -0.481 e. The van der Waals surface area contributed by atoms with Crippen LogP contribution in [0.2, 0.25) is 0 Å². The summed E-state index contributed by atoms with van der Waals surface area (Å²) in [5.74, 6) is -2.36. The molecule has 3 fully saturated rings. The number of hydrogen-bond donors (Lipinski definition) is 1. The van der Waals surface area contributed by atoms with Crippen LogP contribution in [0.1, 0.15) is 6.42 Å². The molecule has 2 aliphatic carbocycles. The molecule has 0 radical (unpaired) electrons. The van der Waals surface area contributed by atoms with Gasteiger partial charge in [-0.2, -0.15) is 0 Å². The Morgan fingerprint density at radius 2 is 2.21 bits per heavy atom. The highest BCUT2D eigenvalue weighted by atomic mass is 35.5. The Hall–Kier alpha value is -0.770. The number of hydrogen-bond acceptors (Lipinski definition) is 3. The number of carbonyl (C=O) groups is 2. The first kappa shape index (κ1) is 8.53. The Labute approximate surface area is 85.2 Å². The fourth-order valence-electron chi connectivity index (χ4n) is 3.31. The highest BCUT2D eigenvalue weighted by molar-refractivity contribution is 6.22. The van der Waals surface area contributed by atoms with Crippen LogP contribution < -0.4 is 0 Å². The van der Waals surface area contributed by atoms with Gasteiger partial charge >= 0.3 is 11.9 Å². The van der Waals surface area contributed by atoms with E-state index in [1.165, 1.54) is 0 Å². The number of rotatable bonds is 1. The summed E-state index contributed by atoms with van der Waals surface area (Å²) >= 11 is 6.07. The van der Waals surface area contributed by atoms with E-state index in [0.29, 0.717) is 0 Å². The largest absolute Gasteiger partial charge is 0.481 e. The first-order chi connectivity index (χ1) is 6.61. The molecule has 0 amide bonds. The van der Waals surface area contributed by atoms with Crippen LogP contribution in [0.5, 0.6) is 0 Å². The zero-order valence-electron chi connectivity index (χ0n) is 7.22. The Balaban J connectivity index is 2.04. The van der Waals surface area contributed by atoms with Gasteiger partial charge in [0.1, 0.15) is 6.10 Å². The van der Waals surface area contributed by atoms with Gasteiger partial charge in [-0.15, -0.1) is 11.6 Å². The van der Waals surface area contributed by atoms with Gasteiger partial charge < -0.3 is 9.84 Å². The van der Waals surface area contributed by atoms with Crippen LogP contribution in [0.3, 0.4) is 0 Å². The molecule has 5 heteroatoms. The number of aliphatic carboxylic acids is 1. The Morgan fingerprint density at radius 3 is 2.86 bits per heavy atom. The van der Waals surface area contributed by atoms with Crippen LogP contribution in [-0.4, -0.2) is 28.5 Å². The summed E-state index contributed by atoms with van der Waals surface area (Å²) in [5.41, 5.74) is 0. The van der Waals surface area contributed by atoms with Crippen molar-refractivity contribution in [1.29, 1.82) is 0 Å². The molecule has 0 aromatic carbocycles. The van der Waals surface area contributed by atoms with E-state index in [4.69, 9.17) is 21.4 Å². The minimum absolute atomic E-state index is 0.0519. The maximum absolute atomic E-state index is 11.4. The molecule has 1 heterocycles. The van der Waals surface area contributed by atoms with Gasteiger partial charge in [-0.25, -0.2) is 0 Å². The lowest BCUT2D eigenvalue weighted by Crippen LogP contribution is -2.38. The molecule has 1 saturated heterocycles. The van der Waals surface area contributed by atoms with Crippen molar-refractivity contribution in [2.24, 2.45) is 23.7 Å². The number of esters is 1. The van der Waals surface area contributed by atoms with Crippen LogP contribution in [0.4, 0.5) is 0 Å². The summed E-state index contributed by atoms with van der Waals surface area (Å²) in [6, 6.07) is 0. The van der Waals surface area contributed by atoms with E-state index in [0.717, 1.165) is 6.42 Å². The summed E-state index contributed by atoms with van der Waals surface area (Å²) in [6.07, 6.45) is 0.501. The van der Waals surface area contributed by atoms with Gasteiger partial charge in [0, 0.05) is 5.92 Å². The number of carboxylic acids is 1. The van der Waals surface area contributed by atoms with Gasteiger partial charge in [-0.1, -0.05) is 0 Å². The normalized spacial score (nSPS) is 53.6. The maximum Gasteiger partial charge on any atom is 0.310 e. The quantitative estimate of drug-likeness (QED) is 0.512. The maximum atomic E-state index is 11.4. The van der Waals surface area contributed by atoms with Crippen molar-refractivity contribution in [3.8, 4) is 0 Å². The highest BCUT2D eigenvalue weighted by Crippen LogP contribution is 2.59. The van der Waals surface area contributed by atoms with E-state index in [-0.39, 0.29) is 29.3 Å². The Bertz CT molecular complexity index is 329. The predicted octanol–water partition coefficient (Wildman–Crippen LogP) is 0.486. The number of alkyl halides is 1. The lowest BCUT2D eigenvalue weighted by molar-refractivity contribution is -0.151. The van der Waals surface area contributed by atoms with Crippen molar-refractivity contribution in [1.82, 2.24) is 0 Å². The van der Waals surface area contributed by atoms with Gasteiger partial charge in [-0.3, -0.25) is 9.59 Å². The molecule has 1 aliphatic heterocycles. The molecule has 0 aromatic heterocycles. The molecule has 3 aliphatic rings. The lowest BCUT2D eigenvalue weighted by atomic mass is 9.80. The molecular weight excluding hydrogens is 208 g/mol. The molecule has 0 spiro atoms. The van der Waals surface area contributed by atoms with Crippen LogP contribution in [-0.2, 0) is 14.3 Å². The molecule has 1 N–H and O–H groups in total. The first-order valence-corrected chi connectivity index (χ1v) is 5.12. The number of fused-ring (bicyclic) bond motifs is 1. The zero-order valence-corrected chi connectivity index (χ0v) is 7.98. The standard InChI is InChI=1S/C9H9ClO4/c10-6-2-1-3-5(4(2)8(11)12)9(13)14-7(3)6/h2-7H,1H2,(H,11,12)/t2-,3+,4-,5+,6+,7-/m1/s1. The molecule has 76 valence electrons. The monoisotopic (exact) mass is 216 g/mol. The van der Waals surface area contributed by atoms with Crippen molar-refractivity contribution < 1.29 is 19.4 Å². The predicted molar refractivity (Wildman–Crippen MR) is 45.7 cm³/mol. The molecule has 14 heavy (non-hydrogen) atoms. The number of ether oxygens (including phenoxy) is 1. The summed E-state index contributed by atoms with van der Waals surface area (Å²) in [4.78, 5) is 22.4. The topological polar surface area (TPSA) is 63.6 Å². The Kier molecular flexibility index (Phi) is 1.48. The van der Waals surface area contributed by atoms with E-state index in [2.05, 4.69) is 0 Å². The van der Waals surface area contributed by atoms with Gasteiger partial charge in [0.15, 0.2) is 0 Å². The average molecular weight is 217 g/mol. The SMILES string of the molecule is O=C(O)[C@@H]1[C@H]2C[C@@H]3[C@@H](OC(=O)[C@@H]31)[C@H]2Cl. The van der Waals surface area contributed by atoms with Crippen LogP contribution in [0, 0.1) is 23.7 Å². The molecule has 6 atom stereocenters. The fraction of sp³-hybridized carbons (Fsp3) is 0.778. The molecular formula is C9H9ClO4. The first-order valence-electron chi connectivity index (χ1n) is 4.68. The fourth-order valence-corrected chi connectivity index (χ4v) is 3.81. The Morgan fingerprint density at radius 1 is 1.50 bits per heavy atom. The van der Waals surface area contributed by atoms with Crippen LogP contribution >= 0.6 is 11.6 Å². The minimum atomic E-state index is -0.912. The smallest absolute Gasteiger partial charge is 0.310 e. The van der Waals surface area contributed by atoms with E-state index in [1.807, 2.05) is 0 Å². The summed E-state index contributed by atoms with van der Waals surface area (Å²) in [6.45, 7) is 0. The second-order valence-corrected chi connectivity index (χ2v) is 4.80. The summed E-state index contributed by atoms with van der Waals surface area (Å²) < 4.78 is 5.10. The second-order valence-electron chi connectivity index (χ2n) is 4.30. The molecule has 2 bridgehead atoms. The summed E-state index contributed by atoms with van der Waals surface area (Å²) in [7, 11) is 0. The number of carboxylic acid groups (broad SMARTS) is 1. The van der Waals surface area contributed by atoms with Crippen molar-refractivity contribution in [3.63, 3.8) is 0 Å². The van der Waals surface area contributed by atoms with E-state index in [1.54, 1.807) is 0 Å². The summed E-state index contributed by atoms with van der Waals surface area (Å²) in [5, 5.41) is 8.72. The van der Waals surface area contributed by atoms with Crippen molar-refractivity contribution >= 4 is 23.5 Å². The van der Waals surface area contributed by atoms with Crippen molar-refractivity contribution in [2.45, 2.75) is 17.9 Å². The number of carbonyl (C=O) groups excluding carboxylic acids is 1. The average Bonchev–Trinajstić information content (AvgIpc) is 2.67. The lowest BCUT2D eigenvalue weighted by Gasteiger charge is -2.24. The van der Waals surface area contributed by atoms with Crippen molar-refractivity contribution in [2.75, 3.05) is 0 Å². The molecule has 4 nitrogen and oxygen atoms in total. The number of halogens is 1. The third kappa shape index (κ3) is 0.764. The van der Waals surface area contributed by atoms with E-state index in [9.17, 15) is 9.59 Å². The molecule has 2 saturated carbocycles. The van der Waals surface area contributed by atoms with Crippen LogP contribution in [0.15, 0.2) is 0 Å². The van der Waals surface area contributed by atoms with Crippen molar-refractivity contribution in [3.05, 3.63) is 0 Å². The van der Waals surface area contributed by atoms with Gasteiger partial charge in [0.05, 0.1) is 17.2 Å². The zero-order chi connectivity index (χ0) is 10.0. The van der Waals surface area contributed by atoms with E-state index < -0.39 is 17.8 Å². The van der Waals surface area contributed by atoms with Gasteiger partial charge in [0.2, 0.25) is 0 Å². The third-order valence-electron chi connectivity index (χ3n) is 3.81. The molecule has 3 rings (SSSR count). The highest BCUT2D eigenvalue weighted by Gasteiger charge is 2.68. The van der Waals surface area contributed by atoms with E-state index >= 15 is 0 Å². The molecule has 0 unspecified atom stereocenters. The van der Waals surface area contributed by atoms with Crippen LogP contribution in [0.25, 0.3) is 0 Å². The van der Waals surface area contributed by atoms with Gasteiger partial charge in [-0.05, 0) is 12.3 Å². The van der Waals surface area contributed by atoms with Gasteiger partial charge in [0.25, 0.3) is 0 Å². The third-order valence-corrected chi connectivity index (χ3v) is 4.38. The second kappa shape index (κ2) is 2.42. The molecule has 0 aromatic rings.